The van der Waals surface area contributed by atoms with Gasteiger partial charge in [-0.1, -0.05) is 68.1 Å². The van der Waals surface area contributed by atoms with Crippen LogP contribution in [-0.4, -0.2) is 21.2 Å². The van der Waals surface area contributed by atoms with E-state index in [4.69, 9.17) is 0 Å². The molecule has 0 saturated heterocycles. The standard InChI is InChI=1S/C25H22FN3O2S/c1-16(2)17-9-4-8-14-22(17)29-24(31)18-10-3-6-12-20(18)28-25(29)32-15-23(30)27-21-13-7-5-11-19(21)26/h3-14,16H,15H2,1-2H3,(H,27,30). The number of para-hydroxylation sites is 3. The van der Waals surface area contributed by atoms with Crippen molar-refractivity contribution < 1.29 is 9.18 Å². The Morgan fingerprint density at radius 2 is 1.72 bits per heavy atom. The van der Waals surface area contributed by atoms with E-state index in [0.29, 0.717) is 16.1 Å². The molecular weight excluding hydrogens is 425 g/mol. The number of benzene rings is 3. The molecule has 0 spiro atoms. The summed E-state index contributed by atoms with van der Waals surface area (Å²) in [5, 5.41) is 3.48. The van der Waals surface area contributed by atoms with Crippen molar-refractivity contribution in [2.75, 3.05) is 11.1 Å². The average molecular weight is 448 g/mol. The van der Waals surface area contributed by atoms with E-state index in [9.17, 15) is 14.0 Å². The first kappa shape index (κ1) is 21.8. The molecule has 0 atom stereocenters. The molecule has 4 rings (SSSR count). The lowest BCUT2D eigenvalue weighted by molar-refractivity contribution is -0.113. The Hall–Kier alpha value is -3.45. The summed E-state index contributed by atoms with van der Waals surface area (Å²) in [6.07, 6.45) is 0. The van der Waals surface area contributed by atoms with Gasteiger partial charge in [0, 0.05) is 0 Å². The van der Waals surface area contributed by atoms with Gasteiger partial charge in [0.1, 0.15) is 5.82 Å². The minimum Gasteiger partial charge on any atom is -0.323 e. The lowest BCUT2D eigenvalue weighted by atomic mass is 10.0. The number of fused-ring (bicyclic) bond motifs is 1. The van der Waals surface area contributed by atoms with Crippen LogP contribution in [0.5, 0.6) is 0 Å². The van der Waals surface area contributed by atoms with Crippen LogP contribution in [0.1, 0.15) is 25.3 Å². The van der Waals surface area contributed by atoms with Crippen LogP contribution >= 0.6 is 11.8 Å². The fraction of sp³-hybridized carbons (Fsp3) is 0.160. The molecular formula is C25H22FN3O2S. The van der Waals surface area contributed by atoms with Gasteiger partial charge in [0.25, 0.3) is 5.56 Å². The van der Waals surface area contributed by atoms with Gasteiger partial charge in [-0.2, -0.15) is 0 Å². The lowest BCUT2D eigenvalue weighted by Gasteiger charge is -2.18. The van der Waals surface area contributed by atoms with Crippen LogP contribution in [0, 0.1) is 5.82 Å². The number of hydrogen-bond donors (Lipinski definition) is 1. The summed E-state index contributed by atoms with van der Waals surface area (Å²) in [7, 11) is 0. The summed E-state index contributed by atoms with van der Waals surface area (Å²) >= 11 is 1.14. The van der Waals surface area contributed by atoms with Crippen molar-refractivity contribution in [1.29, 1.82) is 0 Å². The molecule has 7 heteroatoms. The molecule has 162 valence electrons. The largest absolute Gasteiger partial charge is 0.323 e. The highest BCUT2D eigenvalue weighted by Crippen LogP contribution is 2.27. The molecule has 0 aliphatic heterocycles. The van der Waals surface area contributed by atoms with E-state index < -0.39 is 5.82 Å². The van der Waals surface area contributed by atoms with Gasteiger partial charge in [0.2, 0.25) is 5.91 Å². The fourth-order valence-electron chi connectivity index (χ4n) is 3.48. The SMILES string of the molecule is CC(C)c1ccccc1-n1c(SCC(=O)Nc2ccccc2F)nc2ccccc2c1=O. The molecule has 1 N–H and O–H groups in total. The Labute approximate surface area is 189 Å². The third-order valence-electron chi connectivity index (χ3n) is 5.02. The van der Waals surface area contributed by atoms with E-state index in [0.717, 1.165) is 23.0 Å². The molecule has 0 aliphatic carbocycles. The summed E-state index contributed by atoms with van der Waals surface area (Å²) in [4.78, 5) is 30.6. The van der Waals surface area contributed by atoms with E-state index in [1.54, 1.807) is 34.9 Å². The quantitative estimate of drug-likeness (QED) is 0.318. The number of hydrogen-bond acceptors (Lipinski definition) is 4. The van der Waals surface area contributed by atoms with Gasteiger partial charge in [-0.05, 0) is 41.8 Å². The molecule has 4 aromatic rings. The second kappa shape index (κ2) is 9.36. The number of halogens is 1. The monoisotopic (exact) mass is 447 g/mol. The van der Waals surface area contributed by atoms with Crippen molar-refractivity contribution in [3.63, 3.8) is 0 Å². The number of nitrogens with one attached hydrogen (secondary N) is 1. The molecule has 0 radical (unpaired) electrons. The van der Waals surface area contributed by atoms with Crippen LogP contribution in [-0.2, 0) is 4.79 Å². The molecule has 0 bridgehead atoms. The fourth-order valence-corrected chi connectivity index (χ4v) is 4.29. The second-order valence-corrected chi connectivity index (χ2v) is 8.52. The van der Waals surface area contributed by atoms with E-state index in [-0.39, 0.29) is 28.8 Å². The van der Waals surface area contributed by atoms with Crippen molar-refractivity contribution in [3.05, 3.63) is 94.5 Å². The van der Waals surface area contributed by atoms with E-state index in [1.165, 1.54) is 12.1 Å². The maximum absolute atomic E-state index is 13.9. The van der Waals surface area contributed by atoms with E-state index >= 15 is 0 Å². The van der Waals surface area contributed by atoms with Crippen LogP contribution in [0.4, 0.5) is 10.1 Å². The number of carbonyl (C=O) groups is 1. The summed E-state index contributed by atoms with van der Waals surface area (Å²) in [6, 6.07) is 20.8. The highest BCUT2D eigenvalue weighted by Gasteiger charge is 2.18. The van der Waals surface area contributed by atoms with Crippen molar-refractivity contribution in [1.82, 2.24) is 9.55 Å². The number of nitrogens with zero attached hydrogens (tertiary/aromatic N) is 2. The topological polar surface area (TPSA) is 64.0 Å². The van der Waals surface area contributed by atoms with Gasteiger partial charge in [-0.15, -0.1) is 0 Å². The number of thioether (sulfide) groups is 1. The third-order valence-corrected chi connectivity index (χ3v) is 5.96. The predicted molar refractivity (Wildman–Crippen MR) is 127 cm³/mol. The molecule has 32 heavy (non-hydrogen) atoms. The molecule has 3 aromatic carbocycles. The summed E-state index contributed by atoms with van der Waals surface area (Å²) in [5.74, 6) is -0.724. The highest BCUT2D eigenvalue weighted by molar-refractivity contribution is 7.99. The average Bonchev–Trinajstić information content (AvgIpc) is 2.79. The molecule has 5 nitrogen and oxygen atoms in total. The van der Waals surface area contributed by atoms with Gasteiger partial charge < -0.3 is 5.32 Å². The summed E-state index contributed by atoms with van der Waals surface area (Å²) < 4.78 is 15.4. The second-order valence-electron chi connectivity index (χ2n) is 7.58. The predicted octanol–water partition coefficient (Wildman–Crippen LogP) is 5.38. The normalized spacial score (nSPS) is 11.1. The van der Waals surface area contributed by atoms with Crippen LogP contribution in [0.3, 0.4) is 0 Å². The molecule has 1 amide bonds. The number of aromatic nitrogens is 2. The molecule has 0 fully saturated rings. The number of amides is 1. The van der Waals surface area contributed by atoms with Crippen LogP contribution in [0.25, 0.3) is 16.6 Å². The Morgan fingerprint density at radius 1 is 1.03 bits per heavy atom. The highest BCUT2D eigenvalue weighted by atomic mass is 32.2. The number of carbonyl (C=O) groups excluding carboxylic acids is 1. The van der Waals surface area contributed by atoms with Crippen LogP contribution < -0.4 is 10.9 Å². The Kier molecular flexibility index (Phi) is 6.37. The van der Waals surface area contributed by atoms with Gasteiger partial charge in [0.15, 0.2) is 5.16 Å². The van der Waals surface area contributed by atoms with Gasteiger partial charge in [-0.3, -0.25) is 14.2 Å². The molecule has 0 saturated carbocycles. The van der Waals surface area contributed by atoms with Crippen LogP contribution in [0.15, 0.2) is 82.7 Å². The maximum atomic E-state index is 13.9. The first-order valence-electron chi connectivity index (χ1n) is 10.2. The molecule has 1 aromatic heterocycles. The zero-order chi connectivity index (χ0) is 22.7. The minimum absolute atomic E-state index is 0.0248. The van der Waals surface area contributed by atoms with Crippen molar-refractivity contribution >= 4 is 34.3 Å². The van der Waals surface area contributed by atoms with E-state index in [2.05, 4.69) is 24.1 Å². The Morgan fingerprint density at radius 3 is 2.50 bits per heavy atom. The Balaban J connectivity index is 1.74. The summed E-state index contributed by atoms with van der Waals surface area (Å²) in [5.41, 5.74) is 2.23. The third kappa shape index (κ3) is 4.43. The van der Waals surface area contributed by atoms with Crippen molar-refractivity contribution in [2.45, 2.75) is 24.9 Å². The first-order valence-corrected chi connectivity index (χ1v) is 11.2. The van der Waals surface area contributed by atoms with Gasteiger partial charge in [-0.25, -0.2) is 9.37 Å². The molecule has 1 heterocycles. The zero-order valence-corrected chi connectivity index (χ0v) is 18.5. The summed E-state index contributed by atoms with van der Waals surface area (Å²) in [6.45, 7) is 4.13. The number of anilines is 1. The lowest BCUT2D eigenvalue weighted by Crippen LogP contribution is -2.24. The zero-order valence-electron chi connectivity index (χ0n) is 17.7. The van der Waals surface area contributed by atoms with Crippen LogP contribution in [0.2, 0.25) is 0 Å². The first-order chi connectivity index (χ1) is 15.5. The van der Waals surface area contributed by atoms with Crippen molar-refractivity contribution in [3.8, 4) is 5.69 Å². The molecule has 0 aliphatic rings. The minimum atomic E-state index is -0.502. The van der Waals surface area contributed by atoms with Gasteiger partial charge in [0.05, 0.1) is 28.0 Å². The number of rotatable bonds is 6. The Bertz CT molecular complexity index is 1350. The van der Waals surface area contributed by atoms with Gasteiger partial charge >= 0.3 is 0 Å². The smallest absolute Gasteiger partial charge is 0.266 e. The maximum Gasteiger partial charge on any atom is 0.266 e. The van der Waals surface area contributed by atoms with Crippen molar-refractivity contribution in [2.24, 2.45) is 0 Å². The molecule has 0 unspecified atom stereocenters. The van der Waals surface area contributed by atoms with E-state index in [1.807, 2.05) is 30.3 Å².